The third-order valence-corrected chi connectivity index (χ3v) is 4.92. The number of rotatable bonds is 3. The SMILES string of the molecule is O=[N+]([O-])c1cccc(C2CC(c3cc(Br)ccc3F)n3ncnc3N2)c1. The standard InChI is InChI=1S/C17H13BrFN5O2/c18-11-4-5-14(19)13(7-11)16-8-15(22-17-20-9-21-23(16)17)10-2-1-3-12(6-10)24(25)26/h1-7,9,15-16H,8H2,(H,20,21,22). The molecule has 0 bridgehead atoms. The van der Waals surface area contributed by atoms with Crippen molar-refractivity contribution < 1.29 is 9.31 Å². The maximum absolute atomic E-state index is 14.5. The minimum atomic E-state index is -0.430. The number of nitrogens with one attached hydrogen (secondary N) is 1. The molecule has 0 aliphatic carbocycles. The molecule has 1 aliphatic heterocycles. The lowest BCUT2D eigenvalue weighted by molar-refractivity contribution is -0.384. The molecule has 0 saturated carbocycles. The van der Waals surface area contributed by atoms with E-state index in [1.165, 1.54) is 24.5 Å². The molecule has 0 spiro atoms. The number of hydrogen-bond acceptors (Lipinski definition) is 5. The number of nitro groups is 1. The second-order valence-electron chi connectivity index (χ2n) is 5.99. The van der Waals surface area contributed by atoms with Crippen molar-refractivity contribution in [1.29, 1.82) is 0 Å². The van der Waals surface area contributed by atoms with Crippen LogP contribution in [0.15, 0.2) is 53.3 Å². The first kappa shape index (κ1) is 16.6. The zero-order valence-electron chi connectivity index (χ0n) is 13.3. The molecule has 0 fully saturated rings. The van der Waals surface area contributed by atoms with Crippen LogP contribution < -0.4 is 5.32 Å². The van der Waals surface area contributed by atoms with Gasteiger partial charge in [-0.05, 0) is 30.2 Å². The summed E-state index contributed by atoms with van der Waals surface area (Å²) in [6.45, 7) is 0. The molecule has 1 N–H and O–H groups in total. The molecule has 2 atom stereocenters. The lowest BCUT2D eigenvalue weighted by Gasteiger charge is -2.32. The molecule has 3 aromatic rings. The molecule has 132 valence electrons. The molecule has 2 heterocycles. The number of halogens is 2. The van der Waals surface area contributed by atoms with E-state index < -0.39 is 4.92 Å². The first-order valence-electron chi connectivity index (χ1n) is 7.88. The van der Waals surface area contributed by atoms with Crippen LogP contribution in [-0.4, -0.2) is 19.7 Å². The summed E-state index contributed by atoms with van der Waals surface area (Å²) in [6, 6.07) is 10.6. The Morgan fingerprint density at radius 3 is 2.96 bits per heavy atom. The van der Waals surface area contributed by atoms with Crippen molar-refractivity contribution >= 4 is 27.6 Å². The molecule has 7 nitrogen and oxygen atoms in total. The van der Waals surface area contributed by atoms with Crippen molar-refractivity contribution in [3.63, 3.8) is 0 Å². The zero-order chi connectivity index (χ0) is 18.3. The highest BCUT2D eigenvalue weighted by molar-refractivity contribution is 9.10. The Kier molecular flexibility index (Phi) is 4.15. The van der Waals surface area contributed by atoms with Crippen LogP contribution in [0.3, 0.4) is 0 Å². The van der Waals surface area contributed by atoms with Gasteiger partial charge in [0.1, 0.15) is 12.1 Å². The Hall–Kier alpha value is -2.81. The molecule has 4 rings (SSSR count). The summed E-state index contributed by atoms with van der Waals surface area (Å²) in [5.74, 6) is 0.163. The van der Waals surface area contributed by atoms with E-state index in [4.69, 9.17) is 0 Å². The molecule has 0 saturated heterocycles. The van der Waals surface area contributed by atoms with Crippen molar-refractivity contribution in [3.8, 4) is 0 Å². The Bertz CT molecular complexity index is 993. The highest BCUT2D eigenvalue weighted by Gasteiger charge is 2.32. The lowest BCUT2D eigenvalue weighted by atomic mass is 9.93. The number of benzene rings is 2. The van der Waals surface area contributed by atoms with Gasteiger partial charge in [0.15, 0.2) is 0 Å². The average Bonchev–Trinajstić information content (AvgIpc) is 3.11. The molecule has 26 heavy (non-hydrogen) atoms. The maximum atomic E-state index is 14.5. The first-order chi connectivity index (χ1) is 12.5. The van der Waals surface area contributed by atoms with Crippen molar-refractivity contribution in [3.05, 3.63) is 80.3 Å². The Morgan fingerprint density at radius 1 is 1.31 bits per heavy atom. The van der Waals surface area contributed by atoms with Gasteiger partial charge in [-0.15, -0.1) is 0 Å². The Balaban J connectivity index is 1.76. The molecule has 0 radical (unpaired) electrons. The van der Waals surface area contributed by atoms with Crippen LogP contribution in [-0.2, 0) is 0 Å². The predicted octanol–water partition coefficient (Wildman–Crippen LogP) is 4.23. The van der Waals surface area contributed by atoms with Gasteiger partial charge >= 0.3 is 0 Å². The van der Waals surface area contributed by atoms with E-state index in [1.807, 2.05) is 6.07 Å². The summed E-state index contributed by atoms with van der Waals surface area (Å²) in [4.78, 5) is 14.8. The molecule has 0 amide bonds. The van der Waals surface area contributed by atoms with E-state index in [9.17, 15) is 14.5 Å². The van der Waals surface area contributed by atoms with Crippen LogP contribution in [0.2, 0.25) is 0 Å². The van der Waals surface area contributed by atoms with Gasteiger partial charge in [-0.25, -0.2) is 9.07 Å². The van der Waals surface area contributed by atoms with Crippen LogP contribution in [0.5, 0.6) is 0 Å². The number of fused-ring (bicyclic) bond motifs is 1. The fraction of sp³-hybridized carbons (Fsp3) is 0.176. The van der Waals surface area contributed by atoms with Crippen molar-refractivity contribution in [1.82, 2.24) is 14.8 Å². The predicted molar refractivity (Wildman–Crippen MR) is 96.3 cm³/mol. The van der Waals surface area contributed by atoms with Gasteiger partial charge in [0, 0.05) is 22.2 Å². The van der Waals surface area contributed by atoms with E-state index in [1.54, 1.807) is 22.9 Å². The second-order valence-corrected chi connectivity index (χ2v) is 6.91. The molecule has 9 heteroatoms. The highest BCUT2D eigenvalue weighted by Crippen LogP contribution is 2.39. The van der Waals surface area contributed by atoms with Gasteiger partial charge in [0.25, 0.3) is 5.69 Å². The number of aromatic nitrogens is 3. The summed E-state index contributed by atoms with van der Waals surface area (Å²) in [5.41, 5.74) is 1.25. The Labute approximate surface area is 156 Å². The van der Waals surface area contributed by atoms with Gasteiger partial charge in [0.2, 0.25) is 5.95 Å². The summed E-state index contributed by atoms with van der Waals surface area (Å²) < 4.78 is 16.9. The van der Waals surface area contributed by atoms with E-state index >= 15 is 0 Å². The monoisotopic (exact) mass is 417 g/mol. The van der Waals surface area contributed by atoms with Crippen LogP contribution in [0.4, 0.5) is 16.0 Å². The molecule has 1 aromatic heterocycles. The fourth-order valence-electron chi connectivity index (χ4n) is 3.22. The van der Waals surface area contributed by atoms with E-state index in [2.05, 4.69) is 31.3 Å². The molecule has 2 unspecified atom stereocenters. The Morgan fingerprint density at radius 2 is 2.15 bits per heavy atom. The van der Waals surface area contributed by atoms with Gasteiger partial charge in [-0.1, -0.05) is 28.1 Å². The molecular weight excluding hydrogens is 405 g/mol. The minimum Gasteiger partial charge on any atom is -0.348 e. The summed E-state index contributed by atoms with van der Waals surface area (Å²) >= 11 is 3.38. The van der Waals surface area contributed by atoms with E-state index in [0.717, 1.165) is 10.0 Å². The van der Waals surface area contributed by atoms with Crippen molar-refractivity contribution in [2.75, 3.05) is 5.32 Å². The molecule has 2 aromatic carbocycles. The molecule has 1 aliphatic rings. The van der Waals surface area contributed by atoms with Gasteiger partial charge < -0.3 is 5.32 Å². The number of hydrogen-bond donors (Lipinski definition) is 1. The number of nitrogens with zero attached hydrogens (tertiary/aromatic N) is 4. The lowest BCUT2D eigenvalue weighted by Crippen LogP contribution is -2.28. The first-order valence-corrected chi connectivity index (χ1v) is 8.67. The molecular formula is C17H13BrFN5O2. The second kappa shape index (κ2) is 6.49. The van der Waals surface area contributed by atoms with Crippen molar-refractivity contribution in [2.45, 2.75) is 18.5 Å². The average molecular weight is 418 g/mol. The van der Waals surface area contributed by atoms with E-state index in [-0.39, 0.29) is 23.6 Å². The quantitative estimate of drug-likeness (QED) is 0.508. The highest BCUT2D eigenvalue weighted by atomic mass is 79.9. The smallest absolute Gasteiger partial charge is 0.269 e. The largest absolute Gasteiger partial charge is 0.348 e. The third kappa shape index (κ3) is 2.94. The van der Waals surface area contributed by atoms with Gasteiger partial charge in [-0.2, -0.15) is 10.1 Å². The van der Waals surface area contributed by atoms with Crippen LogP contribution >= 0.6 is 15.9 Å². The fourth-order valence-corrected chi connectivity index (χ4v) is 3.60. The number of nitro benzene ring substituents is 1. The van der Waals surface area contributed by atoms with Crippen LogP contribution in [0.1, 0.15) is 29.6 Å². The van der Waals surface area contributed by atoms with Crippen LogP contribution in [0, 0.1) is 15.9 Å². The van der Waals surface area contributed by atoms with Gasteiger partial charge in [0.05, 0.1) is 17.0 Å². The minimum absolute atomic E-state index is 0.0153. The topological polar surface area (TPSA) is 85.9 Å². The van der Waals surface area contributed by atoms with Gasteiger partial charge in [-0.3, -0.25) is 10.1 Å². The third-order valence-electron chi connectivity index (χ3n) is 4.43. The summed E-state index contributed by atoms with van der Waals surface area (Å²) in [7, 11) is 0. The summed E-state index contributed by atoms with van der Waals surface area (Å²) in [6.07, 6.45) is 1.88. The van der Waals surface area contributed by atoms with Crippen LogP contribution in [0.25, 0.3) is 0 Å². The van der Waals surface area contributed by atoms with Crippen molar-refractivity contribution in [2.24, 2.45) is 0 Å². The zero-order valence-corrected chi connectivity index (χ0v) is 14.9. The maximum Gasteiger partial charge on any atom is 0.269 e. The number of anilines is 1. The van der Waals surface area contributed by atoms with E-state index in [0.29, 0.717) is 17.9 Å². The number of non-ortho nitro benzene ring substituents is 1. The summed E-state index contributed by atoms with van der Waals surface area (Å²) in [5, 5.41) is 18.5. The normalized spacial score (nSPS) is 18.8.